The highest BCUT2D eigenvalue weighted by Gasteiger charge is 2.10. The topological polar surface area (TPSA) is 94.8 Å². The summed E-state index contributed by atoms with van der Waals surface area (Å²) in [6.07, 6.45) is 0.289. The number of aromatic nitrogens is 2. The van der Waals surface area contributed by atoms with E-state index in [1.54, 1.807) is 12.1 Å². The molecule has 0 aliphatic rings. The van der Waals surface area contributed by atoms with E-state index >= 15 is 0 Å². The average molecular weight is 312 g/mol. The Balaban J connectivity index is 2.58. The number of hydrogen-bond donors (Lipinski definition) is 3. The van der Waals surface area contributed by atoms with Crippen molar-refractivity contribution >= 4 is 38.3 Å². The van der Waals surface area contributed by atoms with Gasteiger partial charge in [0.05, 0.1) is 16.5 Å². The van der Waals surface area contributed by atoms with E-state index in [2.05, 4.69) is 31.4 Å². The Morgan fingerprint density at radius 2 is 1.94 bits per heavy atom. The molecule has 1 aromatic heterocycles. The summed E-state index contributed by atoms with van der Waals surface area (Å²) in [6.45, 7) is 0. The van der Waals surface area contributed by atoms with Gasteiger partial charge in [-0.15, -0.1) is 0 Å². The first-order chi connectivity index (χ1) is 8.63. The van der Waals surface area contributed by atoms with Crippen molar-refractivity contribution in [2.75, 3.05) is 10.6 Å². The van der Waals surface area contributed by atoms with Crippen LogP contribution in [0.25, 0.3) is 10.8 Å². The number of H-pyrrole nitrogens is 2. The molecule has 2 aromatic rings. The van der Waals surface area contributed by atoms with Crippen LogP contribution in [0.5, 0.6) is 0 Å². The minimum Gasteiger partial charge on any atom is -0.325 e. The third-order valence-corrected chi connectivity index (χ3v) is 2.82. The Hall–Kier alpha value is -1.89. The molecule has 0 saturated heterocycles. The van der Waals surface area contributed by atoms with Gasteiger partial charge >= 0.3 is 0 Å². The Bertz CT molecular complexity index is 704. The molecule has 0 saturated carbocycles. The van der Waals surface area contributed by atoms with Gasteiger partial charge in [-0.25, -0.2) is 0 Å². The van der Waals surface area contributed by atoms with Crippen LogP contribution in [0.3, 0.4) is 0 Å². The molecule has 0 aliphatic carbocycles. The molecule has 3 N–H and O–H groups in total. The fourth-order valence-corrected chi connectivity index (χ4v) is 1.99. The van der Waals surface area contributed by atoms with Crippen LogP contribution in [-0.4, -0.2) is 21.4 Å². The summed E-state index contributed by atoms with van der Waals surface area (Å²) in [5.41, 5.74) is -0.508. The molecule has 1 aromatic carbocycles. The van der Waals surface area contributed by atoms with E-state index in [1.807, 2.05) is 0 Å². The summed E-state index contributed by atoms with van der Waals surface area (Å²) < 4.78 is 0. The second kappa shape index (κ2) is 5.18. The molecule has 1 amide bonds. The molecule has 18 heavy (non-hydrogen) atoms. The summed E-state index contributed by atoms with van der Waals surface area (Å²) >= 11 is 3.16. The SMILES string of the molecule is O=C(CCBr)Nc1cccc2c(=O)[nH][nH]c(=O)c12. The number of hydrogen-bond acceptors (Lipinski definition) is 3. The van der Waals surface area contributed by atoms with E-state index < -0.39 is 11.1 Å². The van der Waals surface area contributed by atoms with Crippen LogP contribution in [0.15, 0.2) is 27.8 Å². The number of carbonyl (C=O) groups excluding carboxylic acids is 1. The molecule has 94 valence electrons. The summed E-state index contributed by atoms with van der Waals surface area (Å²) in [7, 11) is 0. The summed E-state index contributed by atoms with van der Waals surface area (Å²) in [6, 6.07) is 4.73. The maximum Gasteiger partial charge on any atom is 0.272 e. The minimum absolute atomic E-state index is 0.184. The van der Waals surface area contributed by atoms with Crippen LogP contribution in [0.4, 0.5) is 5.69 Å². The molecule has 0 radical (unpaired) electrons. The highest BCUT2D eigenvalue weighted by atomic mass is 79.9. The van der Waals surface area contributed by atoms with Crippen molar-refractivity contribution in [2.45, 2.75) is 6.42 Å². The van der Waals surface area contributed by atoms with Gasteiger partial charge in [-0.3, -0.25) is 24.6 Å². The van der Waals surface area contributed by atoms with Crippen molar-refractivity contribution in [1.82, 2.24) is 10.2 Å². The maximum absolute atomic E-state index is 11.7. The lowest BCUT2D eigenvalue weighted by molar-refractivity contribution is -0.115. The van der Waals surface area contributed by atoms with E-state index in [0.717, 1.165) is 0 Å². The monoisotopic (exact) mass is 311 g/mol. The lowest BCUT2D eigenvalue weighted by Gasteiger charge is -2.06. The third-order valence-electron chi connectivity index (χ3n) is 2.42. The molecule has 0 spiro atoms. The van der Waals surface area contributed by atoms with Gasteiger partial charge in [-0.2, -0.15) is 0 Å². The third kappa shape index (κ3) is 2.35. The fourth-order valence-electron chi connectivity index (χ4n) is 1.63. The van der Waals surface area contributed by atoms with Gasteiger partial charge in [-0.1, -0.05) is 22.0 Å². The van der Waals surface area contributed by atoms with Crippen molar-refractivity contribution in [1.29, 1.82) is 0 Å². The van der Waals surface area contributed by atoms with Gasteiger partial charge in [0.1, 0.15) is 0 Å². The van der Waals surface area contributed by atoms with Gasteiger partial charge in [0.2, 0.25) is 5.91 Å². The molecule has 1 heterocycles. The van der Waals surface area contributed by atoms with E-state index in [1.165, 1.54) is 6.07 Å². The molecular weight excluding hydrogens is 302 g/mol. The van der Waals surface area contributed by atoms with Crippen LogP contribution < -0.4 is 16.4 Å². The largest absolute Gasteiger partial charge is 0.325 e. The normalized spacial score (nSPS) is 10.5. The molecule has 6 nitrogen and oxygen atoms in total. The highest BCUT2D eigenvalue weighted by Crippen LogP contribution is 2.16. The van der Waals surface area contributed by atoms with Crippen LogP contribution in [-0.2, 0) is 4.79 Å². The molecule has 0 atom stereocenters. The number of anilines is 1. The van der Waals surface area contributed by atoms with Crippen molar-refractivity contribution in [3.63, 3.8) is 0 Å². The summed E-state index contributed by atoms with van der Waals surface area (Å²) in [5.74, 6) is -0.223. The van der Waals surface area contributed by atoms with Crippen molar-refractivity contribution in [3.8, 4) is 0 Å². The predicted octanol–water partition coefficient (Wildman–Crippen LogP) is 0.940. The van der Waals surface area contributed by atoms with Crippen molar-refractivity contribution in [3.05, 3.63) is 38.9 Å². The first-order valence-electron chi connectivity index (χ1n) is 5.23. The number of alkyl halides is 1. The first-order valence-corrected chi connectivity index (χ1v) is 6.35. The van der Waals surface area contributed by atoms with Gasteiger partial charge in [0.25, 0.3) is 11.1 Å². The quantitative estimate of drug-likeness (QED) is 0.736. The van der Waals surface area contributed by atoms with Gasteiger partial charge in [0.15, 0.2) is 0 Å². The highest BCUT2D eigenvalue weighted by molar-refractivity contribution is 9.09. The Morgan fingerprint density at radius 3 is 2.67 bits per heavy atom. The molecule has 0 aliphatic heterocycles. The first kappa shape index (κ1) is 12.6. The average Bonchev–Trinajstić information content (AvgIpc) is 2.34. The molecular formula is C11H10BrN3O3. The smallest absolute Gasteiger partial charge is 0.272 e. The van der Waals surface area contributed by atoms with Crippen LogP contribution in [0, 0.1) is 0 Å². The van der Waals surface area contributed by atoms with Gasteiger partial charge < -0.3 is 5.32 Å². The molecule has 0 unspecified atom stereocenters. The fraction of sp³-hybridized carbons (Fsp3) is 0.182. The predicted molar refractivity (Wildman–Crippen MR) is 72.2 cm³/mol. The Kier molecular flexibility index (Phi) is 3.61. The van der Waals surface area contributed by atoms with E-state index in [-0.39, 0.29) is 23.1 Å². The Morgan fingerprint density at radius 1 is 1.22 bits per heavy atom. The Labute approximate surface area is 110 Å². The number of fused-ring (bicyclic) bond motifs is 1. The number of amides is 1. The van der Waals surface area contributed by atoms with Crippen molar-refractivity contribution in [2.24, 2.45) is 0 Å². The molecule has 0 fully saturated rings. The standard InChI is InChI=1S/C11H10BrN3O3/c12-5-4-8(16)13-7-3-1-2-6-9(7)11(18)15-14-10(6)17/h1-3H,4-5H2,(H,13,16)(H,14,17)(H,15,18). The number of rotatable bonds is 3. The number of halogens is 1. The zero-order chi connectivity index (χ0) is 13.1. The van der Waals surface area contributed by atoms with E-state index in [9.17, 15) is 14.4 Å². The van der Waals surface area contributed by atoms with Crippen molar-refractivity contribution < 1.29 is 4.79 Å². The van der Waals surface area contributed by atoms with Crippen LogP contribution in [0.2, 0.25) is 0 Å². The lowest BCUT2D eigenvalue weighted by atomic mass is 10.1. The number of aromatic amines is 2. The molecule has 7 heteroatoms. The second-order valence-electron chi connectivity index (χ2n) is 3.62. The zero-order valence-electron chi connectivity index (χ0n) is 9.25. The number of benzene rings is 1. The number of carbonyl (C=O) groups is 1. The van der Waals surface area contributed by atoms with Crippen LogP contribution in [0.1, 0.15) is 6.42 Å². The zero-order valence-corrected chi connectivity index (χ0v) is 10.8. The van der Waals surface area contributed by atoms with Gasteiger partial charge in [0, 0.05) is 11.8 Å². The molecule has 0 bridgehead atoms. The maximum atomic E-state index is 11.7. The van der Waals surface area contributed by atoms with E-state index in [4.69, 9.17) is 0 Å². The van der Waals surface area contributed by atoms with E-state index in [0.29, 0.717) is 11.0 Å². The second-order valence-corrected chi connectivity index (χ2v) is 4.42. The minimum atomic E-state index is -0.445. The van der Waals surface area contributed by atoms with Crippen LogP contribution >= 0.6 is 15.9 Å². The summed E-state index contributed by atoms with van der Waals surface area (Å²) in [4.78, 5) is 34.8. The lowest BCUT2D eigenvalue weighted by Crippen LogP contribution is -2.21. The van der Waals surface area contributed by atoms with Gasteiger partial charge in [-0.05, 0) is 12.1 Å². The summed E-state index contributed by atoms with van der Waals surface area (Å²) in [5, 5.41) is 8.04. The molecule has 2 rings (SSSR count). The number of nitrogens with one attached hydrogen (secondary N) is 3.